The summed E-state index contributed by atoms with van der Waals surface area (Å²) in [5.74, 6) is 1.60. The van der Waals surface area contributed by atoms with E-state index in [-0.39, 0.29) is 0 Å². The van der Waals surface area contributed by atoms with Gasteiger partial charge in [-0.1, -0.05) is 33.6 Å². The van der Waals surface area contributed by atoms with Crippen LogP contribution in [0.2, 0.25) is 5.02 Å². The molecule has 4 heteroatoms. The van der Waals surface area contributed by atoms with E-state index in [2.05, 4.69) is 15.9 Å². The van der Waals surface area contributed by atoms with Crippen molar-refractivity contribution in [3.8, 4) is 11.5 Å². The lowest BCUT2D eigenvalue weighted by molar-refractivity contribution is 0.475. The predicted molar refractivity (Wildman–Crippen MR) is 83.2 cm³/mol. The Kier molecular flexibility index (Phi) is 4.86. The van der Waals surface area contributed by atoms with E-state index in [0.29, 0.717) is 6.54 Å². The Hall–Kier alpha value is -1.03. The summed E-state index contributed by atoms with van der Waals surface area (Å²) in [6.07, 6.45) is 0.787. The molecule has 19 heavy (non-hydrogen) atoms. The summed E-state index contributed by atoms with van der Waals surface area (Å²) in [7, 11) is 0. The van der Waals surface area contributed by atoms with Gasteiger partial charge in [-0.3, -0.25) is 0 Å². The van der Waals surface area contributed by atoms with Gasteiger partial charge in [-0.2, -0.15) is 0 Å². The lowest BCUT2D eigenvalue weighted by Crippen LogP contribution is -2.04. The number of hydrogen-bond acceptors (Lipinski definition) is 2. The zero-order valence-corrected chi connectivity index (χ0v) is 13.0. The predicted octanol–water partition coefficient (Wildman–Crippen LogP) is 4.70. The Bertz CT molecular complexity index is 586. The van der Waals surface area contributed by atoms with E-state index in [9.17, 15) is 0 Å². The van der Waals surface area contributed by atoms with Crippen LogP contribution in [-0.4, -0.2) is 6.54 Å². The lowest BCUT2D eigenvalue weighted by Gasteiger charge is -2.12. The molecule has 0 saturated carbocycles. The molecule has 0 radical (unpaired) electrons. The highest BCUT2D eigenvalue weighted by Crippen LogP contribution is 2.30. The van der Waals surface area contributed by atoms with Crippen LogP contribution in [0.1, 0.15) is 11.1 Å². The molecule has 0 spiro atoms. The number of halogens is 2. The van der Waals surface area contributed by atoms with Crippen molar-refractivity contribution in [2.75, 3.05) is 6.54 Å². The summed E-state index contributed by atoms with van der Waals surface area (Å²) in [5, 5.41) is 0.740. The first-order chi connectivity index (χ1) is 9.10. The second kappa shape index (κ2) is 6.42. The minimum absolute atomic E-state index is 0.595. The highest BCUT2D eigenvalue weighted by Gasteiger charge is 2.06. The van der Waals surface area contributed by atoms with Crippen molar-refractivity contribution < 1.29 is 4.74 Å². The molecule has 2 rings (SSSR count). The standard InChI is InChI=1S/C15H15BrClNO/c1-10-8-13(4-5-14(10)17)19-15-9-12(16)3-2-11(15)6-7-18/h2-5,8-9H,6-7,18H2,1H3. The average molecular weight is 341 g/mol. The summed E-state index contributed by atoms with van der Waals surface area (Å²) in [4.78, 5) is 0. The monoisotopic (exact) mass is 339 g/mol. The van der Waals surface area contributed by atoms with Crippen molar-refractivity contribution in [2.45, 2.75) is 13.3 Å². The molecule has 0 unspecified atom stereocenters. The molecule has 0 heterocycles. The fraction of sp³-hybridized carbons (Fsp3) is 0.200. The highest BCUT2D eigenvalue weighted by atomic mass is 79.9. The maximum atomic E-state index is 6.01. The van der Waals surface area contributed by atoms with Crippen molar-refractivity contribution >= 4 is 27.5 Å². The van der Waals surface area contributed by atoms with Gasteiger partial charge in [-0.25, -0.2) is 0 Å². The quantitative estimate of drug-likeness (QED) is 0.875. The summed E-state index contributed by atoms with van der Waals surface area (Å²) in [6.45, 7) is 2.55. The minimum Gasteiger partial charge on any atom is -0.457 e. The van der Waals surface area contributed by atoms with Crippen molar-refractivity contribution in [3.63, 3.8) is 0 Å². The Morgan fingerprint density at radius 2 is 2.00 bits per heavy atom. The van der Waals surface area contributed by atoms with Gasteiger partial charge in [0.15, 0.2) is 0 Å². The van der Waals surface area contributed by atoms with Gasteiger partial charge in [-0.15, -0.1) is 0 Å². The fourth-order valence-corrected chi connectivity index (χ4v) is 2.25. The number of benzene rings is 2. The van der Waals surface area contributed by atoms with E-state index in [1.165, 1.54) is 0 Å². The zero-order valence-electron chi connectivity index (χ0n) is 10.6. The maximum absolute atomic E-state index is 6.01. The molecule has 2 N–H and O–H groups in total. The van der Waals surface area contributed by atoms with Gasteiger partial charge in [0.2, 0.25) is 0 Å². The molecule has 0 amide bonds. The number of ether oxygens (including phenoxy) is 1. The smallest absolute Gasteiger partial charge is 0.131 e. The zero-order chi connectivity index (χ0) is 13.8. The Balaban J connectivity index is 2.30. The first kappa shape index (κ1) is 14.4. The van der Waals surface area contributed by atoms with Crippen LogP contribution in [-0.2, 0) is 6.42 Å². The second-order valence-electron chi connectivity index (χ2n) is 4.30. The molecule has 2 nitrogen and oxygen atoms in total. The van der Waals surface area contributed by atoms with Crippen LogP contribution in [0, 0.1) is 6.92 Å². The SMILES string of the molecule is Cc1cc(Oc2cc(Br)ccc2CCN)ccc1Cl. The molecular weight excluding hydrogens is 326 g/mol. The van der Waals surface area contributed by atoms with Crippen LogP contribution in [0.5, 0.6) is 11.5 Å². The van der Waals surface area contributed by atoms with Gasteiger partial charge in [0.25, 0.3) is 0 Å². The summed E-state index contributed by atoms with van der Waals surface area (Å²) in [6, 6.07) is 11.6. The summed E-state index contributed by atoms with van der Waals surface area (Å²) in [5.41, 5.74) is 7.71. The van der Waals surface area contributed by atoms with Crippen LogP contribution in [0.4, 0.5) is 0 Å². The van der Waals surface area contributed by atoms with Gasteiger partial charge >= 0.3 is 0 Å². The van der Waals surface area contributed by atoms with E-state index in [0.717, 1.165) is 38.5 Å². The molecule has 0 fully saturated rings. The number of nitrogens with two attached hydrogens (primary N) is 1. The highest BCUT2D eigenvalue weighted by molar-refractivity contribution is 9.10. The third-order valence-corrected chi connectivity index (χ3v) is 3.72. The normalized spacial score (nSPS) is 10.5. The van der Waals surface area contributed by atoms with Crippen molar-refractivity contribution in [1.29, 1.82) is 0 Å². The van der Waals surface area contributed by atoms with Gasteiger partial charge in [0, 0.05) is 9.50 Å². The molecule has 0 bridgehead atoms. The third-order valence-electron chi connectivity index (χ3n) is 2.80. The average Bonchev–Trinajstić information content (AvgIpc) is 2.37. The molecule has 0 atom stereocenters. The van der Waals surface area contributed by atoms with Crippen LogP contribution in [0.25, 0.3) is 0 Å². The molecule has 0 saturated heterocycles. The van der Waals surface area contributed by atoms with Gasteiger partial charge < -0.3 is 10.5 Å². The van der Waals surface area contributed by atoms with Crippen LogP contribution >= 0.6 is 27.5 Å². The Morgan fingerprint density at radius 1 is 1.21 bits per heavy atom. The molecule has 2 aromatic carbocycles. The third kappa shape index (κ3) is 3.72. The van der Waals surface area contributed by atoms with Gasteiger partial charge in [-0.05, 0) is 61.3 Å². The van der Waals surface area contributed by atoms with E-state index in [1.54, 1.807) is 0 Å². The number of rotatable bonds is 4. The lowest BCUT2D eigenvalue weighted by atomic mass is 10.1. The molecule has 0 aliphatic rings. The summed E-state index contributed by atoms with van der Waals surface area (Å²) < 4.78 is 6.92. The number of aryl methyl sites for hydroxylation is 1. The van der Waals surface area contributed by atoms with Crippen LogP contribution in [0.3, 0.4) is 0 Å². The van der Waals surface area contributed by atoms with Crippen LogP contribution < -0.4 is 10.5 Å². The summed E-state index contributed by atoms with van der Waals surface area (Å²) >= 11 is 9.46. The molecule has 0 aromatic heterocycles. The van der Waals surface area contributed by atoms with Crippen molar-refractivity contribution in [3.05, 3.63) is 57.0 Å². The maximum Gasteiger partial charge on any atom is 0.131 e. The van der Waals surface area contributed by atoms with E-state index >= 15 is 0 Å². The molecule has 2 aromatic rings. The van der Waals surface area contributed by atoms with E-state index in [1.807, 2.05) is 43.3 Å². The molecule has 0 aliphatic heterocycles. The molecule has 0 aliphatic carbocycles. The van der Waals surface area contributed by atoms with E-state index < -0.39 is 0 Å². The fourth-order valence-electron chi connectivity index (χ4n) is 1.79. The molecule has 100 valence electrons. The first-order valence-electron chi connectivity index (χ1n) is 6.02. The second-order valence-corrected chi connectivity index (χ2v) is 5.63. The Morgan fingerprint density at radius 3 is 2.68 bits per heavy atom. The van der Waals surface area contributed by atoms with Crippen molar-refractivity contribution in [1.82, 2.24) is 0 Å². The van der Waals surface area contributed by atoms with Gasteiger partial charge in [0.05, 0.1) is 0 Å². The minimum atomic E-state index is 0.595. The Labute approximate surface area is 126 Å². The molecular formula is C15H15BrClNO. The number of hydrogen-bond donors (Lipinski definition) is 1. The van der Waals surface area contributed by atoms with Crippen molar-refractivity contribution in [2.24, 2.45) is 5.73 Å². The van der Waals surface area contributed by atoms with Crippen LogP contribution in [0.15, 0.2) is 40.9 Å². The van der Waals surface area contributed by atoms with E-state index in [4.69, 9.17) is 22.1 Å². The van der Waals surface area contributed by atoms with Gasteiger partial charge in [0.1, 0.15) is 11.5 Å². The largest absolute Gasteiger partial charge is 0.457 e. The topological polar surface area (TPSA) is 35.2 Å². The first-order valence-corrected chi connectivity index (χ1v) is 7.20.